The molecule has 0 saturated carbocycles. The molecule has 0 unspecified atom stereocenters. The van der Waals surface area contributed by atoms with Gasteiger partial charge in [-0.15, -0.1) is 0 Å². The summed E-state index contributed by atoms with van der Waals surface area (Å²) in [5.74, 6) is 2.73. The number of hydrogen-bond acceptors (Lipinski definition) is 6. The van der Waals surface area contributed by atoms with Gasteiger partial charge in [-0.25, -0.2) is 0 Å². The zero-order valence-electron chi connectivity index (χ0n) is 16.7. The first-order valence-electron chi connectivity index (χ1n) is 9.09. The number of amides is 1. The highest BCUT2D eigenvalue weighted by Gasteiger charge is 2.25. The van der Waals surface area contributed by atoms with Gasteiger partial charge in [0, 0.05) is 43.9 Å². The first-order valence-corrected chi connectivity index (χ1v) is 9.09. The number of anilines is 1. The Kier molecular flexibility index (Phi) is 6.13. The average molecular weight is 386 g/mol. The number of carbonyl (C=O) groups excluding carboxylic acids is 1. The molecular weight excluding hydrogens is 360 g/mol. The minimum Gasteiger partial charge on any atom is -0.497 e. The van der Waals surface area contributed by atoms with Crippen molar-refractivity contribution in [1.29, 1.82) is 0 Å². The zero-order valence-corrected chi connectivity index (χ0v) is 16.7. The van der Waals surface area contributed by atoms with Crippen molar-refractivity contribution in [2.45, 2.75) is 0 Å². The maximum absolute atomic E-state index is 13.0. The molecule has 3 rings (SSSR count). The Morgan fingerprint density at radius 3 is 1.89 bits per heavy atom. The van der Waals surface area contributed by atoms with Gasteiger partial charge in [0.2, 0.25) is 0 Å². The topological polar surface area (TPSA) is 60.5 Å². The number of rotatable bonds is 6. The number of hydrogen-bond donors (Lipinski definition) is 0. The highest BCUT2D eigenvalue weighted by Crippen LogP contribution is 2.33. The zero-order chi connectivity index (χ0) is 20.1. The van der Waals surface area contributed by atoms with Gasteiger partial charge in [-0.2, -0.15) is 0 Å². The summed E-state index contributed by atoms with van der Waals surface area (Å²) >= 11 is 0. The molecule has 2 aromatic carbocycles. The van der Waals surface area contributed by atoms with Crippen molar-refractivity contribution in [2.24, 2.45) is 0 Å². The van der Waals surface area contributed by atoms with E-state index in [-0.39, 0.29) is 5.91 Å². The van der Waals surface area contributed by atoms with Gasteiger partial charge in [-0.1, -0.05) is 0 Å². The molecule has 0 spiro atoms. The van der Waals surface area contributed by atoms with E-state index in [0.29, 0.717) is 43.2 Å². The lowest BCUT2D eigenvalue weighted by Gasteiger charge is -2.36. The van der Waals surface area contributed by atoms with Gasteiger partial charge < -0.3 is 28.7 Å². The summed E-state index contributed by atoms with van der Waals surface area (Å²) in [6, 6.07) is 11.0. The minimum atomic E-state index is -0.0329. The second kappa shape index (κ2) is 8.73. The highest BCUT2D eigenvalue weighted by atomic mass is 16.5. The second-order valence-corrected chi connectivity index (χ2v) is 6.42. The summed E-state index contributed by atoms with van der Waals surface area (Å²) in [4.78, 5) is 17.0. The van der Waals surface area contributed by atoms with E-state index in [2.05, 4.69) is 4.90 Å². The van der Waals surface area contributed by atoms with E-state index in [1.54, 1.807) is 46.6 Å². The molecule has 7 heteroatoms. The summed E-state index contributed by atoms with van der Waals surface area (Å²) in [6.07, 6.45) is 0. The van der Waals surface area contributed by atoms with Gasteiger partial charge >= 0.3 is 0 Å². The van der Waals surface area contributed by atoms with Crippen LogP contribution in [-0.2, 0) is 0 Å². The molecule has 150 valence electrons. The van der Waals surface area contributed by atoms with Gasteiger partial charge in [0.1, 0.15) is 23.0 Å². The molecule has 0 radical (unpaired) electrons. The summed E-state index contributed by atoms with van der Waals surface area (Å²) in [5, 5.41) is 0. The Bertz CT molecular complexity index is 809. The van der Waals surface area contributed by atoms with Crippen molar-refractivity contribution in [3.8, 4) is 23.0 Å². The fourth-order valence-corrected chi connectivity index (χ4v) is 3.31. The first kappa shape index (κ1) is 19.7. The Labute approximate surface area is 165 Å². The summed E-state index contributed by atoms with van der Waals surface area (Å²) in [7, 11) is 6.44. The molecule has 1 fully saturated rings. The van der Waals surface area contributed by atoms with E-state index < -0.39 is 0 Å². The summed E-state index contributed by atoms with van der Waals surface area (Å²) in [5.41, 5.74) is 1.53. The van der Waals surface area contributed by atoms with Crippen LogP contribution in [0.15, 0.2) is 36.4 Å². The molecular formula is C21H26N2O5. The molecule has 1 heterocycles. The van der Waals surface area contributed by atoms with Crippen LogP contribution in [-0.4, -0.2) is 65.4 Å². The van der Waals surface area contributed by atoms with E-state index in [1.807, 2.05) is 23.1 Å². The van der Waals surface area contributed by atoms with Crippen LogP contribution in [0.3, 0.4) is 0 Å². The van der Waals surface area contributed by atoms with E-state index >= 15 is 0 Å². The molecule has 2 aromatic rings. The molecule has 0 atom stereocenters. The maximum atomic E-state index is 13.0. The number of piperazine rings is 1. The molecule has 0 aromatic heterocycles. The predicted octanol–water partition coefficient (Wildman–Crippen LogP) is 2.68. The number of ether oxygens (including phenoxy) is 4. The number of carbonyl (C=O) groups is 1. The average Bonchev–Trinajstić information content (AvgIpc) is 2.77. The molecule has 0 bridgehead atoms. The van der Waals surface area contributed by atoms with Crippen LogP contribution in [0.25, 0.3) is 0 Å². The van der Waals surface area contributed by atoms with Crippen LogP contribution in [0.5, 0.6) is 23.0 Å². The monoisotopic (exact) mass is 386 g/mol. The number of benzene rings is 2. The third-order valence-corrected chi connectivity index (χ3v) is 4.89. The van der Waals surface area contributed by atoms with Gasteiger partial charge in [-0.3, -0.25) is 4.79 Å². The first-order chi connectivity index (χ1) is 13.6. The summed E-state index contributed by atoms with van der Waals surface area (Å²) < 4.78 is 21.4. The summed E-state index contributed by atoms with van der Waals surface area (Å²) in [6.45, 7) is 2.63. The standard InChI is InChI=1S/C21H26N2O5/c1-25-16-5-6-20(28-4)19(14-16)22-7-9-23(10-8-22)21(24)15-11-17(26-2)13-18(12-15)27-3/h5-6,11-14H,7-10H2,1-4H3. The second-order valence-electron chi connectivity index (χ2n) is 6.42. The van der Waals surface area contributed by atoms with Crippen molar-refractivity contribution in [3.05, 3.63) is 42.0 Å². The van der Waals surface area contributed by atoms with Crippen molar-refractivity contribution < 1.29 is 23.7 Å². The minimum absolute atomic E-state index is 0.0329. The third kappa shape index (κ3) is 4.08. The maximum Gasteiger partial charge on any atom is 0.254 e. The highest BCUT2D eigenvalue weighted by molar-refractivity contribution is 5.95. The van der Waals surface area contributed by atoms with Crippen molar-refractivity contribution in [3.63, 3.8) is 0 Å². The van der Waals surface area contributed by atoms with Crippen LogP contribution < -0.4 is 23.8 Å². The normalized spacial score (nSPS) is 13.9. The Balaban J connectivity index is 1.73. The predicted molar refractivity (Wildman–Crippen MR) is 107 cm³/mol. The quantitative estimate of drug-likeness (QED) is 0.761. The molecule has 7 nitrogen and oxygen atoms in total. The smallest absolute Gasteiger partial charge is 0.254 e. The largest absolute Gasteiger partial charge is 0.497 e. The molecule has 0 aliphatic carbocycles. The van der Waals surface area contributed by atoms with Crippen LogP contribution in [0, 0.1) is 0 Å². The van der Waals surface area contributed by atoms with Gasteiger partial charge in [0.15, 0.2) is 0 Å². The van der Waals surface area contributed by atoms with Gasteiger partial charge in [-0.05, 0) is 24.3 Å². The van der Waals surface area contributed by atoms with Crippen LogP contribution in [0.2, 0.25) is 0 Å². The molecule has 1 saturated heterocycles. The van der Waals surface area contributed by atoms with Crippen LogP contribution in [0.1, 0.15) is 10.4 Å². The molecule has 0 N–H and O–H groups in total. The molecule has 1 aliphatic rings. The fourth-order valence-electron chi connectivity index (χ4n) is 3.31. The fraction of sp³-hybridized carbons (Fsp3) is 0.381. The Morgan fingerprint density at radius 1 is 0.750 bits per heavy atom. The Morgan fingerprint density at radius 2 is 1.36 bits per heavy atom. The molecule has 1 aliphatic heterocycles. The number of nitrogens with zero attached hydrogens (tertiary/aromatic N) is 2. The number of methoxy groups -OCH3 is 4. The van der Waals surface area contributed by atoms with Crippen molar-refractivity contribution in [1.82, 2.24) is 4.90 Å². The lowest BCUT2D eigenvalue weighted by Crippen LogP contribution is -2.48. The Hall–Kier alpha value is -3.09. The third-order valence-electron chi connectivity index (χ3n) is 4.89. The van der Waals surface area contributed by atoms with Crippen molar-refractivity contribution in [2.75, 3.05) is 59.5 Å². The molecule has 28 heavy (non-hydrogen) atoms. The molecule has 1 amide bonds. The SMILES string of the molecule is COc1cc(OC)cc(C(=O)N2CCN(c3cc(OC)ccc3OC)CC2)c1. The van der Waals surface area contributed by atoms with E-state index in [1.165, 1.54) is 0 Å². The van der Waals surface area contributed by atoms with Gasteiger partial charge in [0.25, 0.3) is 5.91 Å². The van der Waals surface area contributed by atoms with E-state index in [0.717, 1.165) is 17.2 Å². The van der Waals surface area contributed by atoms with Crippen molar-refractivity contribution >= 4 is 11.6 Å². The van der Waals surface area contributed by atoms with Gasteiger partial charge in [0.05, 0.1) is 34.1 Å². The van der Waals surface area contributed by atoms with E-state index in [4.69, 9.17) is 18.9 Å². The van der Waals surface area contributed by atoms with E-state index in [9.17, 15) is 4.79 Å². The lowest BCUT2D eigenvalue weighted by molar-refractivity contribution is 0.0746. The van der Waals surface area contributed by atoms with Crippen LogP contribution in [0.4, 0.5) is 5.69 Å². The van der Waals surface area contributed by atoms with Crippen LogP contribution >= 0.6 is 0 Å². The lowest BCUT2D eigenvalue weighted by atomic mass is 10.1.